The molecule has 1 saturated heterocycles. The third kappa shape index (κ3) is 8.54. The van der Waals surface area contributed by atoms with Gasteiger partial charge in [-0.2, -0.15) is 0 Å². The van der Waals surface area contributed by atoms with Crippen molar-refractivity contribution in [1.82, 2.24) is 19.7 Å². The SMILES string of the molecule is CN(C)/C=C\C=C/C=O.COc1ccc2c(CN(C(=O)C3CCCNC3)C3CC3)cn(Cc3cccc(F)c3)c2c1. The number of allylic oxidation sites excluding steroid dienone is 3. The molecule has 3 aromatic rings. The Morgan fingerprint density at radius 3 is 2.61 bits per heavy atom. The number of carbonyl (C=O) groups excluding carboxylic acids is 2. The first-order chi connectivity index (χ1) is 19.9. The average molecular weight is 561 g/mol. The first-order valence-corrected chi connectivity index (χ1v) is 14.3. The van der Waals surface area contributed by atoms with Crippen molar-refractivity contribution in [1.29, 1.82) is 0 Å². The highest BCUT2D eigenvalue weighted by atomic mass is 19.1. The van der Waals surface area contributed by atoms with Crippen molar-refractivity contribution in [2.75, 3.05) is 34.3 Å². The van der Waals surface area contributed by atoms with Crippen molar-refractivity contribution >= 4 is 23.1 Å². The summed E-state index contributed by atoms with van der Waals surface area (Å²) in [5.74, 6) is 0.902. The van der Waals surface area contributed by atoms with Crippen LogP contribution in [0.25, 0.3) is 10.9 Å². The number of aromatic nitrogens is 1. The third-order valence-corrected chi connectivity index (χ3v) is 7.36. The van der Waals surface area contributed by atoms with E-state index in [9.17, 15) is 14.0 Å². The Hall–Kier alpha value is -3.91. The summed E-state index contributed by atoms with van der Waals surface area (Å²) < 4.78 is 21.4. The number of methoxy groups -OCH3 is 1. The summed E-state index contributed by atoms with van der Waals surface area (Å²) in [4.78, 5) is 27.1. The standard InChI is InChI=1S/C26H30FN3O2.C7H11NO/c1-32-23-9-10-24-20(16-29(25(24)13-23)15-18-4-2-6-21(27)12-18)17-30(22-7-8-22)26(31)19-5-3-11-28-14-19;1-8(2)6-4-3-5-7-9/h2,4,6,9-10,12-13,16,19,22,28H,3,5,7-8,11,14-15,17H2,1H3;3-7H,1-2H3/b;5-3-,6-4-. The van der Waals surface area contributed by atoms with Crippen molar-refractivity contribution in [2.24, 2.45) is 5.92 Å². The Morgan fingerprint density at radius 1 is 1.12 bits per heavy atom. The van der Waals surface area contributed by atoms with Gasteiger partial charge in [-0.25, -0.2) is 4.39 Å². The minimum absolute atomic E-state index is 0.0742. The van der Waals surface area contributed by atoms with Crippen LogP contribution in [0.5, 0.6) is 5.75 Å². The highest BCUT2D eigenvalue weighted by Gasteiger charge is 2.36. The van der Waals surface area contributed by atoms with Gasteiger partial charge in [0.15, 0.2) is 0 Å². The molecule has 2 aliphatic rings. The van der Waals surface area contributed by atoms with Crippen molar-refractivity contribution in [3.05, 3.63) is 90.0 Å². The fourth-order valence-corrected chi connectivity index (χ4v) is 5.15. The topological polar surface area (TPSA) is 66.8 Å². The van der Waals surface area contributed by atoms with Crippen LogP contribution in [0.4, 0.5) is 4.39 Å². The maximum Gasteiger partial charge on any atom is 0.227 e. The van der Waals surface area contributed by atoms with Crippen LogP contribution >= 0.6 is 0 Å². The summed E-state index contributed by atoms with van der Waals surface area (Å²) in [7, 11) is 5.50. The van der Waals surface area contributed by atoms with Crippen LogP contribution in [0.15, 0.2) is 73.1 Å². The number of nitrogens with zero attached hydrogens (tertiary/aromatic N) is 3. The molecule has 0 bridgehead atoms. The molecule has 2 heterocycles. The maximum atomic E-state index is 13.8. The minimum atomic E-state index is -0.233. The number of benzene rings is 2. The molecule has 8 heteroatoms. The number of aldehydes is 1. The molecule has 1 aliphatic carbocycles. The third-order valence-electron chi connectivity index (χ3n) is 7.36. The van der Waals surface area contributed by atoms with Gasteiger partial charge in [0.2, 0.25) is 5.91 Å². The predicted octanol–water partition coefficient (Wildman–Crippen LogP) is 5.14. The smallest absolute Gasteiger partial charge is 0.227 e. The number of piperidine rings is 1. The van der Waals surface area contributed by atoms with E-state index in [1.54, 1.807) is 31.4 Å². The zero-order valence-electron chi connectivity index (χ0n) is 24.3. The zero-order valence-corrected chi connectivity index (χ0v) is 24.3. The average Bonchev–Trinajstić information content (AvgIpc) is 3.77. The van der Waals surface area contributed by atoms with Crippen LogP contribution in [0.3, 0.4) is 0 Å². The second-order valence-corrected chi connectivity index (χ2v) is 10.9. The van der Waals surface area contributed by atoms with E-state index in [-0.39, 0.29) is 17.6 Å². The number of rotatable bonds is 10. The highest BCUT2D eigenvalue weighted by molar-refractivity contribution is 5.86. The lowest BCUT2D eigenvalue weighted by molar-refractivity contribution is -0.137. The second-order valence-electron chi connectivity index (χ2n) is 10.9. The molecule has 1 N–H and O–H groups in total. The lowest BCUT2D eigenvalue weighted by atomic mass is 9.97. The molecular formula is C33H41FN4O3. The monoisotopic (exact) mass is 560 g/mol. The number of fused-ring (bicyclic) bond motifs is 1. The van der Waals surface area contributed by atoms with E-state index in [0.29, 0.717) is 19.1 Å². The quantitative estimate of drug-likeness (QED) is 0.211. The van der Waals surface area contributed by atoms with Crippen molar-refractivity contribution in [2.45, 2.75) is 44.8 Å². The summed E-state index contributed by atoms with van der Waals surface area (Å²) in [5, 5.41) is 4.49. The molecule has 0 spiro atoms. The van der Waals surface area contributed by atoms with E-state index in [2.05, 4.69) is 27.0 Å². The minimum Gasteiger partial charge on any atom is -0.497 e. The first-order valence-electron chi connectivity index (χ1n) is 14.3. The van der Waals surface area contributed by atoms with Crippen LogP contribution < -0.4 is 10.1 Å². The number of hydrogen-bond donors (Lipinski definition) is 1. The Labute approximate surface area is 242 Å². The van der Waals surface area contributed by atoms with Crippen LogP contribution in [-0.4, -0.2) is 66.9 Å². The van der Waals surface area contributed by atoms with Crippen molar-refractivity contribution < 1.29 is 18.7 Å². The van der Waals surface area contributed by atoms with Gasteiger partial charge in [-0.1, -0.05) is 18.2 Å². The van der Waals surface area contributed by atoms with E-state index in [4.69, 9.17) is 4.74 Å². The van der Waals surface area contributed by atoms with Gasteiger partial charge in [0.25, 0.3) is 0 Å². The lowest BCUT2D eigenvalue weighted by Gasteiger charge is -2.29. The summed E-state index contributed by atoms with van der Waals surface area (Å²) in [6.07, 6.45) is 13.9. The van der Waals surface area contributed by atoms with E-state index < -0.39 is 0 Å². The number of ether oxygens (including phenoxy) is 1. The van der Waals surface area contributed by atoms with Gasteiger partial charge in [-0.15, -0.1) is 0 Å². The Balaban J connectivity index is 0.000000374. The van der Waals surface area contributed by atoms with Crippen LogP contribution in [0.1, 0.15) is 36.8 Å². The number of carbonyl (C=O) groups is 2. The molecule has 2 aromatic carbocycles. The summed E-state index contributed by atoms with van der Waals surface area (Å²) in [5.41, 5.74) is 3.06. The Kier molecular flexibility index (Phi) is 10.7. The van der Waals surface area contributed by atoms with Gasteiger partial charge >= 0.3 is 0 Å². The zero-order chi connectivity index (χ0) is 29.2. The molecular weight excluding hydrogens is 519 g/mol. The van der Waals surface area contributed by atoms with Gasteiger partial charge in [0, 0.05) is 57.4 Å². The van der Waals surface area contributed by atoms with Gasteiger partial charge in [-0.3, -0.25) is 9.59 Å². The molecule has 1 saturated carbocycles. The Bertz CT molecular complexity index is 1370. The van der Waals surface area contributed by atoms with E-state index in [1.165, 1.54) is 12.1 Å². The van der Waals surface area contributed by atoms with Gasteiger partial charge < -0.3 is 24.4 Å². The molecule has 1 aromatic heterocycles. The molecule has 41 heavy (non-hydrogen) atoms. The normalized spacial score (nSPS) is 16.9. The summed E-state index contributed by atoms with van der Waals surface area (Å²) in [6.45, 7) is 2.95. The van der Waals surface area contributed by atoms with Crippen molar-refractivity contribution in [3.8, 4) is 5.75 Å². The van der Waals surface area contributed by atoms with Gasteiger partial charge in [-0.05, 0) is 86.0 Å². The van der Waals surface area contributed by atoms with E-state index in [1.807, 2.05) is 43.4 Å². The molecule has 7 nitrogen and oxygen atoms in total. The maximum absolute atomic E-state index is 13.8. The van der Waals surface area contributed by atoms with Crippen LogP contribution in [-0.2, 0) is 22.7 Å². The summed E-state index contributed by atoms with van der Waals surface area (Å²) in [6, 6.07) is 13.1. The molecule has 1 amide bonds. The molecule has 5 rings (SSSR count). The highest BCUT2D eigenvalue weighted by Crippen LogP contribution is 2.34. The molecule has 0 radical (unpaired) electrons. The van der Waals surface area contributed by atoms with Crippen molar-refractivity contribution in [3.63, 3.8) is 0 Å². The first kappa shape index (κ1) is 30.1. The van der Waals surface area contributed by atoms with Crippen LogP contribution in [0, 0.1) is 11.7 Å². The molecule has 218 valence electrons. The molecule has 1 unspecified atom stereocenters. The lowest BCUT2D eigenvalue weighted by Crippen LogP contribution is -2.43. The fraction of sp³-hybridized carbons (Fsp3) is 0.394. The Morgan fingerprint density at radius 2 is 1.95 bits per heavy atom. The number of amides is 1. The van der Waals surface area contributed by atoms with Crippen LogP contribution in [0.2, 0.25) is 0 Å². The molecule has 1 atom stereocenters. The largest absolute Gasteiger partial charge is 0.497 e. The van der Waals surface area contributed by atoms with Gasteiger partial charge in [0.1, 0.15) is 17.9 Å². The molecule has 1 aliphatic heterocycles. The number of nitrogens with one attached hydrogen (secondary N) is 1. The van der Waals surface area contributed by atoms with E-state index >= 15 is 0 Å². The predicted molar refractivity (Wildman–Crippen MR) is 161 cm³/mol. The number of hydrogen-bond acceptors (Lipinski definition) is 5. The summed E-state index contributed by atoms with van der Waals surface area (Å²) >= 11 is 0. The van der Waals surface area contributed by atoms with Gasteiger partial charge in [0.05, 0.1) is 18.5 Å². The fourth-order valence-electron chi connectivity index (χ4n) is 5.15. The molecule has 2 fully saturated rings. The second kappa shape index (κ2) is 14.6. The number of halogens is 1. The van der Waals surface area contributed by atoms with E-state index in [0.717, 1.165) is 72.8 Å².